The van der Waals surface area contributed by atoms with Crippen molar-refractivity contribution in [1.29, 1.82) is 0 Å². The summed E-state index contributed by atoms with van der Waals surface area (Å²) in [6.07, 6.45) is 3.34. The Balaban J connectivity index is 1.34. The molecule has 1 N–H and O–H groups in total. The maximum Gasteiger partial charge on any atom is 0.341 e. The molecule has 2 heterocycles. The van der Waals surface area contributed by atoms with Gasteiger partial charge in [-0.2, -0.15) is 5.10 Å². The number of para-hydroxylation sites is 1. The summed E-state index contributed by atoms with van der Waals surface area (Å²) >= 11 is 6.15. The summed E-state index contributed by atoms with van der Waals surface area (Å²) < 4.78 is 7.97. The summed E-state index contributed by atoms with van der Waals surface area (Å²) in [4.78, 5) is 39.6. The van der Waals surface area contributed by atoms with E-state index in [1.54, 1.807) is 41.2 Å². The van der Waals surface area contributed by atoms with Crippen molar-refractivity contribution in [2.24, 2.45) is 0 Å². The van der Waals surface area contributed by atoms with Crippen molar-refractivity contribution in [2.75, 3.05) is 6.61 Å². The second kappa shape index (κ2) is 9.01. The van der Waals surface area contributed by atoms with Crippen LogP contribution in [0, 0.1) is 0 Å². The lowest BCUT2D eigenvalue weighted by atomic mass is 10.2. The Morgan fingerprint density at radius 2 is 1.87 bits per heavy atom. The van der Waals surface area contributed by atoms with Gasteiger partial charge in [0.15, 0.2) is 0 Å². The average Bonchev–Trinajstić information content (AvgIpc) is 3.23. The van der Waals surface area contributed by atoms with Gasteiger partial charge in [-0.05, 0) is 30.2 Å². The minimum Gasteiger partial charge on any atom is -0.462 e. The first-order valence-corrected chi connectivity index (χ1v) is 10.1. The summed E-state index contributed by atoms with van der Waals surface area (Å²) in [5.74, 6) is -0.523. The van der Waals surface area contributed by atoms with E-state index in [9.17, 15) is 14.4 Å². The molecule has 4 rings (SSSR count). The molecule has 0 unspecified atom stereocenters. The summed E-state index contributed by atoms with van der Waals surface area (Å²) in [6, 6.07) is 14.2. The molecule has 2 aromatic heterocycles. The molecule has 9 heteroatoms. The van der Waals surface area contributed by atoms with E-state index in [0.29, 0.717) is 34.5 Å². The Kier molecular flexibility index (Phi) is 5.99. The van der Waals surface area contributed by atoms with Crippen LogP contribution in [-0.4, -0.2) is 31.9 Å². The summed E-state index contributed by atoms with van der Waals surface area (Å²) in [5, 5.41) is 5.23. The number of H-pyrrole nitrogens is 1. The van der Waals surface area contributed by atoms with Crippen molar-refractivity contribution in [3.63, 3.8) is 0 Å². The van der Waals surface area contributed by atoms with E-state index in [1.165, 1.54) is 6.20 Å². The third kappa shape index (κ3) is 4.59. The van der Waals surface area contributed by atoms with Crippen LogP contribution in [-0.2, 0) is 17.8 Å². The highest BCUT2D eigenvalue weighted by Crippen LogP contribution is 2.16. The molecule has 0 bridgehead atoms. The van der Waals surface area contributed by atoms with Gasteiger partial charge < -0.3 is 9.72 Å². The monoisotopic (exact) mass is 438 g/mol. The van der Waals surface area contributed by atoms with Crippen molar-refractivity contribution in [3.05, 3.63) is 97.9 Å². The highest BCUT2D eigenvalue weighted by atomic mass is 35.5. The van der Waals surface area contributed by atoms with Crippen molar-refractivity contribution >= 4 is 28.5 Å². The molecule has 4 aromatic rings. The fourth-order valence-corrected chi connectivity index (χ4v) is 3.42. The van der Waals surface area contributed by atoms with Gasteiger partial charge in [-0.1, -0.05) is 41.9 Å². The predicted molar refractivity (Wildman–Crippen MR) is 117 cm³/mol. The molecular weight excluding hydrogens is 420 g/mol. The fraction of sp³-hybridized carbons (Fsp3) is 0.182. The number of fused-ring (bicyclic) bond motifs is 1. The zero-order chi connectivity index (χ0) is 21.8. The van der Waals surface area contributed by atoms with Crippen LogP contribution < -0.4 is 11.2 Å². The van der Waals surface area contributed by atoms with E-state index in [1.807, 2.05) is 18.2 Å². The lowest BCUT2D eigenvalue weighted by molar-refractivity contribution is 0.0495. The predicted octanol–water partition coefficient (Wildman–Crippen LogP) is 2.84. The van der Waals surface area contributed by atoms with Crippen LogP contribution in [0.3, 0.4) is 0 Å². The smallest absolute Gasteiger partial charge is 0.341 e. The van der Waals surface area contributed by atoms with Crippen LogP contribution in [0.4, 0.5) is 0 Å². The number of hydrogen-bond acceptors (Lipinski definition) is 5. The van der Waals surface area contributed by atoms with E-state index in [2.05, 4.69) is 10.1 Å². The van der Waals surface area contributed by atoms with Gasteiger partial charge in [0.25, 0.3) is 5.56 Å². The second-order valence-corrected chi connectivity index (χ2v) is 7.35. The van der Waals surface area contributed by atoms with Crippen LogP contribution in [0.2, 0.25) is 5.02 Å². The zero-order valence-electron chi connectivity index (χ0n) is 16.5. The Hall–Kier alpha value is -3.65. The summed E-state index contributed by atoms with van der Waals surface area (Å²) in [5.41, 5.74) is 0.836. The summed E-state index contributed by atoms with van der Waals surface area (Å²) in [6.45, 7) is 0.631. The summed E-state index contributed by atoms with van der Waals surface area (Å²) in [7, 11) is 0. The van der Waals surface area contributed by atoms with Crippen molar-refractivity contribution in [2.45, 2.75) is 19.5 Å². The van der Waals surface area contributed by atoms with Gasteiger partial charge in [-0.3, -0.25) is 14.0 Å². The van der Waals surface area contributed by atoms with E-state index in [4.69, 9.17) is 16.3 Å². The standard InChI is InChI=1S/C22H19ClN4O4/c23-18-8-3-1-6-15(18)13-26-14-16(12-24-26)21(29)31-11-5-10-27-20(28)17-7-2-4-9-19(17)25-22(27)30/h1-4,6-9,12,14H,5,10-11,13H2,(H,25,30). The first-order valence-electron chi connectivity index (χ1n) is 9.68. The number of esters is 1. The van der Waals surface area contributed by atoms with Gasteiger partial charge in [0, 0.05) is 17.8 Å². The van der Waals surface area contributed by atoms with Crippen molar-refractivity contribution < 1.29 is 9.53 Å². The Morgan fingerprint density at radius 1 is 1.10 bits per heavy atom. The molecule has 158 valence electrons. The van der Waals surface area contributed by atoms with Crippen LogP contribution in [0.5, 0.6) is 0 Å². The van der Waals surface area contributed by atoms with Gasteiger partial charge in [-0.15, -0.1) is 0 Å². The second-order valence-electron chi connectivity index (χ2n) is 6.94. The highest BCUT2D eigenvalue weighted by Gasteiger charge is 2.12. The number of benzene rings is 2. The largest absolute Gasteiger partial charge is 0.462 e. The minimum atomic E-state index is -0.523. The number of rotatable bonds is 7. The maximum absolute atomic E-state index is 12.5. The Labute approximate surface area is 181 Å². The van der Waals surface area contributed by atoms with Crippen LogP contribution >= 0.6 is 11.6 Å². The third-order valence-electron chi connectivity index (χ3n) is 4.81. The molecule has 0 spiro atoms. The molecule has 0 aliphatic heterocycles. The normalized spacial score (nSPS) is 11.0. The molecular formula is C22H19ClN4O4. The van der Waals surface area contributed by atoms with Gasteiger partial charge in [0.2, 0.25) is 0 Å². The van der Waals surface area contributed by atoms with Gasteiger partial charge >= 0.3 is 11.7 Å². The van der Waals surface area contributed by atoms with E-state index >= 15 is 0 Å². The van der Waals surface area contributed by atoms with Crippen LogP contribution in [0.25, 0.3) is 10.9 Å². The molecule has 0 saturated heterocycles. The van der Waals surface area contributed by atoms with E-state index < -0.39 is 11.7 Å². The fourth-order valence-electron chi connectivity index (χ4n) is 3.23. The lowest BCUT2D eigenvalue weighted by Gasteiger charge is -2.07. The van der Waals surface area contributed by atoms with Gasteiger partial charge in [0.05, 0.1) is 35.8 Å². The molecule has 31 heavy (non-hydrogen) atoms. The first kappa shape index (κ1) is 20.6. The van der Waals surface area contributed by atoms with Crippen LogP contribution in [0.1, 0.15) is 22.3 Å². The molecule has 0 aliphatic rings. The van der Waals surface area contributed by atoms with Crippen LogP contribution in [0.15, 0.2) is 70.5 Å². The molecule has 0 aliphatic carbocycles. The number of carbonyl (C=O) groups excluding carboxylic acids is 1. The molecule has 0 amide bonds. The van der Waals surface area contributed by atoms with Crippen molar-refractivity contribution in [3.8, 4) is 0 Å². The zero-order valence-corrected chi connectivity index (χ0v) is 17.2. The molecule has 0 radical (unpaired) electrons. The number of halogens is 1. The molecule has 0 saturated carbocycles. The Bertz CT molecular complexity index is 1360. The number of hydrogen-bond donors (Lipinski definition) is 1. The number of carbonyl (C=O) groups is 1. The quantitative estimate of drug-likeness (QED) is 0.353. The first-order chi connectivity index (χ1) is 15.0. The number of nitrogens with zero attached hydrogens (tertiary/aromatic N) is 3. The average molecular weight is 439 g/mol. The van der Waals surface area contributed by atoms with Gasteiger partial charge in [-0.25, -0.2) is 9.59 Å². The molecule has 2 aromatic carbocycles. The minimum absolute atomic E-state index is 0.0627. The van der Waals surface area contributed by atoms with Gasteiger partial charge in [0.1, 0.15) is 0 Å². The van der Waals surface area contributed by atoms with Crippen molar-refractivity contribution in [1.82, 2.24) is 19.3 Å². The molecule has 0 fully saturated rings. The lowest BCUT2D eigenvalue weighted by Crippen LogP contribution is -2.35. The SMILES string of the molecule is O=C(OCCCn1c(=O)[nH]c2ccccc2c1=O)c1cnn(Cc2ccccc2Cl)c1. The number of nitrogens with one attached hydrogen (secondary N) is 1. The highest BCUT2D eigenvalue weighted by molar-refractivity contribution is 6.31. The number of ether oxygens (including phenoxy) is 1. The number of aromatic nitrogens is 4. The Morgan fingerprint density at radius 3 is 2.71 bits per heavy atom. The third-order valence-corrected chi connectivity index (χ3v) is 5.18. The maximum atomic E-state index is 12.5. The molecule has 8 nitrogen and oxygen atoms in total. The van der Waals surface area contributed by atoms with E-state index in [0.717, 1.165) is 10.1 Å². The van der Waals surface area contributed by atoms with E-state index in [-0.39, 0.29) is 18.7 Å². The molecule has 0 atom stereocenters. The number of aromatic amines is 1. The topological polar surface area (TPSA) is 99.0 Å².